The Morgan fingerprint density at radius 3 is 3.00 bits per heavy atom. The van der Waals surface area contributed by atoms with Gasteiger partial charge in [0.05, 0.1) is 0 Å². The lowest BCUT2D eigenvalue weighted by Gasteiger charge is -2.24. The molecule has 2 N–H and O–H groups in total. The van der Waals surface area contributed by atoms with Gasteiger partial charge in [-0.1, -0.05) is 6.92 Å². The minimum Gasteiger partial charge on any atom is -0.368 e. The summed E-state index contributed by atoms with van der Waals surface area (Å²) < 4.78 is 0. The third-order valence-corrected chi connectivity index (χ3v) is 3.00. The first-order chi connectivity index (χ1) is 7.20. The van der Waals surface area contributed by atoms with Gasteiger partial charge in [0.1, 0.15) is 5.82 Å². The molecule has 1 unspecified atom stereocenters. The summed E-state index contributed by atoms with van der Waals surface area (Å²) in [5.41, 5.74) is 6.61. The fraction of sp³-hybridized carbons (Fsp3) is 0.636. The monoisotopic (exact) mass is 206 g/mol. The van der Waals surface area contributed by atoms with Crippen LogP contribution in [0.1, 0.15) is 31.9 Å². The first-order valence-corrected chi connectivity index (χ1v) is 5.58. The molecule has 0 radical (unpaired) electrons. The Morgan fingerprint density at radius 1 is 1.53 bits per heavy atom. The maximum Gasteiger partial charge on any atom is 0.222 e. The summed E-state index contributed by atoms with van der Waals surface area (Å²) in [6, 6.07) is 2.64. The number of nitrogen functional groups attached to an aromatic ring is 1. The van der Waals surface area contributed by atoms with Crippen molar-refractivity contribution < 1.29 is 0 Å². The summed E-state index contributed by atoms with van der Waals surface area (Å²) in [5.74, 6) is 1.37. The lowest BCUT2D eigenvalue weighted by Crippen LogP contribution is -2.29. The van der Waals surface area contributed by atoms with Crippen LogP contribution >= 0.6 is 0 Å². The minimum absolute atomic E-state index is 0.381. The number of anilines is 2. The summed E-state index contributed by atoms with van der Waals surface area (Å²) in [4.78, 5) is 10.8. The van der Waals surface area contributed by atoms with Crippen LogP contribution in [0.15, 0.2) is 6.07 Å². The standard InChI is InChI=1S/C11H18N4/c1-3-9-5-4-6-15(9)10-7-8(2)13-11(12)14-10/h7,9H,3-6H2,1-2H3,(H2,12,13,14). The van der Waals surface area contributed by atoms with Gasteiger partial charge in [0, 0.05) is 24.3 Å². The molecular weight excluding hydrogens is 188 g/mol. The molecule has 1 fully saturated rings. The zero-order chi connectivity index (χ0) is 10.8. The second-order valence-corrected chi connectivity index (χ2v) is 4.12. The van der Waals surface area contributed by atoms with E-state index < -0.39 is 0 Å². The lowest BCUT2D eigenvalue weighted by molar-refractivity contribution is 0.640. The zero-order valence-corrected chi connectivity index (χ0v) is 9.40. The van der Waals surface area contributed by atoms with Crippen LogP contribution in [0.2, 0.25) is 0 Å². The molecule has 0 aromatic carbocycles. The van der Waals surface area contributed by atoms with Crippen molar-refractivity contribution in [3.8, 4) is 0 Å². The first kappa shape index (κ1) is 10.2. The Kier molecular flexibility index (Phi) is 2.75. The Morgan fingerprint density at radius 2 is 2.33 bits per heavy atom. The SMILES string of the molecule is CCC1CCCN1c1cc(C)nc(N)n1. The third kappa shape index (κ3) is 2.03. The predicted molar refractivity (Wildman–Crippen MR) is 61.8 cm³/mol. The third-order valence-electron chi connectivity index (χ3n) is 3.00. The predicted octanol–water partition coefficient (Wildman–Crippen LogP) is 1.75. The van der Waals surface area contributed by atoms with Crippen molar-refractivity contribution in [2.45, 2.75) is 39.2 Å². The van der Waals surface area contributed by atoms with E-state index in [2.05, 4.69) is 21.8 Å². The van der Waals surface area contributed by atoms with E-state index in [-0.39, 0.29) is 0 Å². The summed E-state index contributed by atoms with van der Waals surface area (Å²) in [6.07, 6.45) is 3.68. The number of hydrogen-bond donors (Lipinski definition) is 1. The largest absolute Gasteiger partial charge is 0.368 e. The molecule has 1 aliphatic rings. The Hall–Kier alpha value is -1.32. The maximum absolute atomic E-state index is 5.67. The van der Waals surface area contributed by atoms with Crippen LogP contribution in [0.5, 0.6) is 0 Å². The number of hydrogen-bond acceptors (Lipinski definition) is 4. The van der Waals surface area contributed by atoms with Crippen LogP contribution < -0.4 is 10.6 Å². The molecule has 4 nitrogen and oxygen atoms in total. The molecule has 1 aromatic rings. The molecule has 0 bridgehead atoms. The normalized spacial score (nSPS) is 20.9. The first-order valence-electron chi connectivity index (χ1n) is 5.58. The summed E-state index contributed by atoms with van der Waals surface area (Å²) in [5, 5.41) is 0. The van der Waals surface area contributed by atoms with Crippen molar-refractivity contribution in [2.75, 3.05) is 17.2 Å². The molecule has 82 valence electrons. The number of aromatic nitrogens is 2. The Balaban J connectivity index is 2.28. The molecule has 4 heteroatoms. The van der Waals surface area contributed by atoms with Crippen molar-refractivity contribution in [3.63, 3.8) is 0 Å². The van der Waals surface area contributed by atoms with Crippen LogP contribution in [0.25, 0.3) is 0 Å². The number of aryl methyl sites for hydroxylation is 1. The van der Waals surface area contributed by atoms with Gasteiger partial charge in [-0.3, -0.25) is 0 Å². The van der Waals surface area contributed by atoms with Gasteiger partial charge in [0.25, 0.3) is 0 Å². The molecule has 1 atom stereocenters. The molecule has 0 saturated carbocycles. The van der Waals surface area contributed by atoms with E-state index in [1.54, 1.807) is 0 Å². The highest BCUT2D eigenvalue weighted by Crippen LogP contribution is 2.26. The number of nitrogens with zero attached hydrogens (tertiary/aromatic N) is 3. The molecular formula is C11H18N4. The van der Waals surface area contributed by atoms with Gasteiger partial charge in [0.15, 0.2) is 0 Å². The van der Waals surface area contributed by atoms with Crippen molar-refractivity contribution in [1.82, 2.24) is 9.97 Å². The van der Waals surface area contributed by atoms with E-state index in [0.29, 0.717) is 12.0 Å². The molecule has 0 amide bonds. The lowest BCUT2D eigenvalue weighted by atomic mass is 10.2. The topological polar surface area (TPSA) is 55.0 Å². The summed E-state index contributed by atoms with van der Waals surface area (Å²) >= 11 is 0. The Bertz CT molecular complexity index is 330. The van der Waals surface area contributed by atoms with Crippen molar-refractivity contribution in [1.29, 1.82) is 0 Å². The smallest absolute Gasteiger partial charge is 0.222 e. The van der Waals surface area contributed by atoms with E-state index in [9.17, 15) is 0 Å². The van der Waals surface area contributed by atoms with Gasteiger partial charge in [0.2, 0.25) is 5.95 Å². The van der Waals surface area contributed by atoms with Crippen LogP contribution in [0, 0.1) is 6.92 Å². The van der Waals surface area contributed by atoms with E-state index in [1.807, 2.05) is 13.0 Å². The molecule has 15 heavy (non-hydrogen) atoms. The fourth-order valence-corrected chi connectivity index (χ4v) is 2.28. The van der Waals surface area contributed by atoms with Gasteiger partial charge >= 0.3 is 0 Å². The molecule has 2 rings (SSSR count). The van der Waals surface area contributed by atoms with Gasteiger partial charge in [-0.15, -0.1) is 0 Å². The van der Waals surface area contributed by atoms with Gasteiger partial charge in [-0.2, -0.15) is 4.98 Å². The quantitative estimate of drug-likeness (QED) is 0.801. The second kappa shape index (κ2) is 4.04. The number of nitrogens with two attached hydrogens (primary N) is 1. The molecule has 0 spiro atoms. The van der Waals surface area contributed by atoms with Crippen LogP contribution in [0.4, 0.5) is 11.8 Å². The molecule has 2 heterocycles. The van der Waals surface area contributed by atoms with Gasteiger partial charge in [-0.25, -0.2) is 4.98 Å². The highest BCUT2D eigenvalue weighted by atomic mass is 15.2. The second-order valence-electron chi connectivity index (χ2n) is 4.12. The van der Waals surface area contributed by atoms with E-state index >= 15 is 0 Å². The average molecular weight is 206 g/mol. The summed E-state index contributed by atoms with van der Waals surface area (Å²) in [6.45, 7) is 5.27. The minimum atomic E-state index is 0.381. The highest BCUT2D eigenvalue weighted by Gasteiger charge is 2.24. The van der Waals surface area contributed by atoms with Crippen molar-refractivity contribution in [2.24, 2.45) is 0 Å². The molecule has 1 aromatic heterocycles. The van der Waals surface area contributed by atoms with Crippen LogP contribution in [0.3, 0.4) is 0 Å². The van der Waals surface area contributed by atoms with Gasteiger partial charge in [-0.05, 0) is 26.2 Å². The van der Waals surface area contributed by atoms with Crippen molar-refractivity contribution in [3.05, 3.63) is 11.8 Å². The highest BCUT2D eigenvalue weighted by molar-refractivity contribution is 5.45. The zero-order valence-electron chi connectivity index (χ0n) is 9.40. The average Bonchev–Trinajstić information content (AvgIpc) is 2.63. The maximum atomic E-state index is 5.67. The van der Waals surface area contributed by atoms with E-state index in [4.69, 9.17) is 5.73 Å². The van der Waals surface area contributed by atoms with E-state index in [1.165, 1.54) is 19.3 Å². The molecule has 1 saturated heterocycles. The van der Waals surface area contributed by atoms with Gasteiger partial charge < -0.3 is 10.6 Å². The molecule has 1 aliphatic heterocycles. The molecule has 0 aliphatic carbocycles. The van der Waals surface area contributed by atoms with Crippen LogP contribution in [-0.4, -0.2) is 22.6 Å². The van der Waals surface area contributed by atoms with E-state index in [0.717, 1.165) is 18.1 Å². The van der Waals surface area contributed by atoms with Crippen molar-refractivity contribution >= 4 is 11.8 Å². The summed E-state index contributed by atoms with van der Waals surface area (Å²) in [7, 11) is 0. The van der Waals surface area contributed by atoms with Crippen LogP contribution in [-0.2, 0) is 0 Å². The number of rotatable bonds is 2. The fourth-order valence-electron chi connectivity index (χ4n) is 2.28. The Labute approximate surface area is 90.5 Å².